The molecule has 2 aliphatic rings. The average Bonchev–Trinajstić information content (AvgIpc) is 3.42. The van der Waals surface area contributed by atoms with Crippen molar-refractivity contribution in [1.29, 1.82) is 0 Å². The molecule has 0 aromatic heterocycles. The van der Waals surface area contributed by atoms with E-state index in [-0.39, 0.29) is 23.8 Å². The van der Waals surface area contributed by atoms with E-state index in [0.29, 0.717) is 6.54 Å². The fourth-order valence-electron chi connectivity index (χ4n) is 4.72. The molecule has 1 amide bonds. The largest absolute Gasteiger partial charge is 0.493 e. The standard InChI is InChI=1S/C25H32N2O3/c1-27-16-21(22(17-27)25(28)26-15-18-8-4-3-5-9-18)19-12-13-23(29-2)24(14-19)30-20-10-6-7-11-20/h3-5,8-9,12-14,20-22H,6-7,10-11,15-17H2,1-2H3,(H,26,28)/t21-,22+/m1/s1. The molecule has 5 heteroatoms. The Bertz CT molecular complexity index is 849. The van der Waals surface area contributed by atoms with E-state index in [2.05, 4.69) is 29.4 Å². The smallest absolute Gasteiger partial charge is 0.225 e. The highest BCUT2D eigenvalue weighted by Gasteiger charge is 2.37. The first-order valence-electron chi connectivity index (χ1n) is 11.0. The fraction of sp³-hybridized carbons (Fsp3) is 0.480. The minimum absolute atomic E-state index is 0.0774. The molecule has 0 bridgehead atoms. The van der Waals surface area contributed by atoms with Crippen LogP contribution in [0.1, 0.15) is 42.7 Å². The molecule has 1 heterocycles. The van der Waals surface area contributed by atoms with Crippen molar-refractivity contribution < 1.29 is 14.3 Å². The Morgan fingerprint density at radius 2 is 1.83 bits per heavy atom. The summed E-state index contributed by atoms with van der Waals surface area (Å²) < 4.78 is 11.8. The van der Waals surface area contributed by atoms with E-state index in [1.54, 1.807) is 7.11 Å². The van der Waals surface area contributed by atoms with Crippen LogP contribution in [0.2, 0.25) is 0 Å². The molecule has 2 fully saturated rings. The Morgan fingerprint density at radius 1 is 1.07 bits per heavy atom. The van der Waals surface area contributed by atoms with Crippen LogP contribution in [0.15, 0.2) is 48.5 Å². The summed E-state index contributed by atoms with van der Waals surface area (Å²) in [6, 6.07) is 16.2. The molecule has 1 aliphatic heterocycles. The zero-order valence-corrected chi connectivity index (χ0v) is 18.0. The summed E-state index contributed by atoms with van der Waals surface area (Å²) in [6.07, 6.45) is 4.92. The van der Waals surface area contributed by atoms with Crippen molar-refractivity contribution in [1.82, 2.24) is 10.2 Å². The number of likely N-dealkylation sites (N-methyl/N-ethyl adjacent to an activating group) is 1. The number of carbonyl (C=O) groups is 1. The lowest BCUT2D eigenvalue weighted by Gasteiger charge is -2.21. The predicted molar refractivity (Wildman–Crippen MR) is 118 cm³/mol. The zero-order chi connectivity index (χ0) is 20.9. The first-order chi connectivity index (χ1) is 14.6. The van der Waals surface area contributed by atoms with Gasteiger partial charge >= 0.3 is 0 Å². The predicted octanol–water partition coefficient (Wildman–Crippen LogP) is 3.98. The topological polar surface area (TPSA) is 50.8 Å². The van der Waals surface area contributed by atoms with E-state index in [0.717, 1.165) is 48.6 Å². The van der Waals surface area contributed by atoms with Crippen molar-refractivity contribution in [3.63, 3.8) is 0 Å². The van der Waals surface area contributed by atoms with Crippen LogP contribution < -0.4 is 14.8 Å². The highest BCUT2D eigenvalue weighted by atomic mass is 16.5. The number of amides is 1. The van der Waals surface area contributed by atoms with Gasteiger partial charge in [0.05, 0.1) is 19.1 Å². The van der Waals surface area contributed by atoms with Crippen molar-refractivity contribution >= 4 is 5.91 Å². The Balaban J connectivity index is 1.49. The second-order valence-electron chi connectivity index (χ2n) is 8.57. The van der Waals surface area contributed by atoms with E-state index < -0.39 is 0 Å². The molecule has 4 rings (SSSR count). The molecular weight excluding hydrogens is 376 g/mol. The molecule has 2 aromatic carbocycles. The van der Waals surface area contributed by atoms with E-state index >= 15 is 0 Å². The number of ether oxygens (including phenoxy) is 2. The van der Waals surface area contributed by atoms with Gasteiger partial charge in [-0.25, -0.2) is 0 Å². The van der Waals surface area contributed by atoms with Gasteiger partial charge in [-0.15, -0.1) is 0 Å². The Morgan fingerprint density at radius 3 is 2.57 bits per heavy atom. The number of methoxy groups -OCH3 is 1. The van der Waals surface area contributed by atoms with Crippen LogP contribution in [0.4, 0.5) is 0 Å². The van der Waals surface area contributed by atoms with Crippen LogP contribution in [-0.2, 0) is 11.3 Å². The van der Waals surface area contributed by atoms with Gasteiger partial charge in [0.1, 0.15) is 0 Å². The van der Waals surface area contributed by atoms with Crippen LogP contribution >= 0.6 is 0 Å². The Labute approximate surface area is 179 Å². The number of hydrogen-bond acceptors (Lipinski definition) is 4. The molecular formula is C25H32N2O3. The van der Waals surface area contributed by atoms with Gasteiger partial charge in [-0.1, -0.05) is 36.4 Å². The highest BCUT2D eigenvalue weighted by Crippen LogP contribution is 2.38. The number of nitrogens with zero attached hydrogens (tertiary/aromatic N) is 1. The molecule has 1 N–H and O–H groups in total. The lowest BCUT2D eigenvalue weighted by molar-refractivity contribution is -0.125. The first kappa shape index (κ1) is 20.7. The summed E-state index contributed by atoms with van der Waals surface area (Å²) in [6.45, 7) is 2.18. The molecule has 0 spiro atoms. The maximum Gasteiger partial charge on any atom is 0.225 e. The van der Waals surface area contributed by atoms with Crippen LogP contribution in [0.3, 0.4) is 0 Å². The monoisotopic (exact) mass is 408 g/mol. The van der Waals surface area contributed by atoms with E-state index in [9.17, 15) is 4.79 Å². The van der Waals surface area contributed by atoms with E-state index in [4.69, 9.17) is 9.47 Å². The maximum atomic E-state index is 13.0. The minimum atomic E-state index is -0.0774. The number of likely N-dealkylation sites (tertiary alicyclic amines) is 1. The van der Waals surface area contributed by atoms with Gasteiger partial charge < -0.3 is 19.7 Å². The summed E-state index contributed by atoms with van der Waals surface area (Å²) in [7, 11) is 3.76. The molecule has 30 heavy (non-hydrogen) atoms. The summed E-state index contributed by atoms with van der Waals surface area (Å²) in [5.74, 6) is 1.75. The summed E-state index contributed by atoms with van der Waals surface area (Å²) in [4.78, 5) is 15.3. The van der Waals surface area contributed by atoms with Gasteiger partial charge in [0.25, 0.3) is 0 Å². The third-order valence-corrected chi connectivity index (χ3v) is 6.36. The normalized spacial score (nSPS) is 22.2. The summed E-state index contributed by atoms with van der Waals surface area (Å²) >= 11 is 0. The van der Waals surface area contributed by atoms with Crippen molar-refractivity contribution in [2.24, 2.45) is 5.92 Å². The quantitative estimate of drug-likeness (QED) is 0.753. The zero-order valence-electron chi connectivity index (χ0n) is 18.0. The van der Waals surface area contributed by atoms with Gasteiger partial charge in [-0.2, -0.15) is 0 Å². The number of carbonyl (C=O) groups excluding carboxylic acids is 1. The van der Waals surface area contributed by atoms with Crippen LogP contribution in [0.25, 0.3) is 0 Å². The molecule has 0 unspecified atom stereocenters. The Kier molecular flexibility index (Phi) is 6.58. The maximum absolute atomic E-state index is 13.0. The molecule has 2 atom stereocenters. The van der Waals surface area contributed by atoms with Crippen LogP contribution in [-0.4, -0.2) is 44.2 Å². The van der Waals surface area contributed by atoms with Gasteiger partial charge in [-0.05, 0) is 56.0 Å². The van der Waals surface area contributed by atoms with Crippen molar-refractivity contribution in [2.45, 2.75) is 44.2 Å². The number of nitrogens with one attached hydrogen (secondary N) is 1. The van der Waals surface area contributed by atoms with Gasteiger partial charge in [0.2, 0.25) is 5.91 Å². The minimum Gasteiger partial charge on any atom is -0.493 e. The number of benzene rings is 2. The van der Waals surface area contributed by atoms with Gasteiger partial charge in [-0.3, -0.25) is 4.79 Å². The summed E-state index contributed by atoms with van der Waals surface area (Å²) in [5, 5.41) is 3.14. The third kappa shape index (κ3) is 4.78. The molecule has 2 aromatic rings. The lowest BCUT2D eigenvalue weighted by atomic mass is 9.88. The molecule has 1 aliphatic carbocycles. The fourth-order valence-corrected chi connectivity index (χ4v) is 4.72. The molecule has 1 saturated heterocycles. The second kappa shape index (κ2) is 9.52. The summed E-state index contributed by atoms with van der Waals surface area (Å²) in [5.41, 5.74) is 2.26. The molecule has 5 nitrogen and oxygen atoms in total. The van der Waals surface area contributed by atoms with E-state index in [1.165, 1.54) is 12.8 Å². The lowest BCUT2D eigenvalue weighted by Crippen LogP contribution is -2.34. The third-order valence-electron chi connectivity index (χ3n) is 6.36. The van der Waals surface area contributed by atoms with Crippen LogP contribution in [0.5, 0.6) is 11.5 Å². The van der Waals surface area contributed by atoms with Crippen LogP contribution in [0, 0.1) is 5.92 Å². The van der Waals surface area contributed by atoms with E-state index in [1.807, 2.05) is 36.4 Å². The van der Waals surface area contributed by atoms with Crippen molar-refractivity contribution in [3.05, 3.63) is 59.7 Å². The molecule has 1 saturated carbocycles. The number of rotatable bonds is 7. The molecule has 160 valence electrons. The average molecular weight is 409 g/mol. The van der Waals surface area contributed by atoms with Crippen molar-refractivity contribution in [3.8, 4) is 11.5 Å². The van der Waals surface area contributed by atoms with Crippen molar-refractivity contribution in [2.75, 3.05) is 27.2 Å². The first-order valence-corrected chi connectivity index (χ1v) is 11.0. The van der Waals surface area contributed by atoms with Gasteiger partial charge in [0.15, 0.2) is 11.5 Å². The SMILES string of the molecule is COc1ccc([C@H]2CN(C)C[C@@H]2C(=O)NCc2ccccc2)cc1OC1CCCC1. The molecule has 0 radical (unpaired) electrons. The second-order valence-corrected chi connectivity index (χ2v) is 8.57. The highest BCUT2D eigenvalue weighted by molar-refractivity contribution is 5.80. The Hall–Kier alpha value is -2.53. The van der Waals surface area contributed by atoms with Gasteiger partial charge in [0, 0.05) is 25.6 Å². The number of hydrogen-bond donors (Lipinski definition) is 1.